The summed E-state index contributed by atoms with van der Waals surface area (Å²) in [6, 6.07) is 3.98. The molecule has 1 saturated carbocycles. The highest BCUT2D eigenvalue weighted by Crippen LogP contribution is 2.53. The maximum absolute atomic E-state index is 14.1. The molecule has 1 unspecified atom stereocenters. The molecule has 9 atom stereocenters. The van der Waals surface area contributed by atoms with E-state index in [-0.39, 0.29) is 102 Å². The highest BCUT2D eigenvalue weighted by molar-refractivity contribution is 6.31. The van der Waals surface area contributed by atoms with Crippen LogP contribution in [0.15, 0.2) is 18.2 Å². The maximum atomic E-state index is 14.1. The number of ketones is 4. The average molecular weight is 918 g/mol. The number of carbonyl (C=O) groups is 7. The number of phenolic OH excluding ortho intramolecular Hbond substituents is 2. The molecule has 4 aliphatic heterocycles. The number of aliphatic hydroxyl groups is 2. The van der Waals surface area contributed by atoms with Crippen LogP contribution in [0.5, 0.6) is 17.2 Å². The molecule has 4 saturated heterocycles. The standard InChI is InChI=1S/C47H55N3O16/c1-21(52)24-10-8-23(9-11-24)19-50-33(55)15-25(44(50)60)14-32(54)49-13-12-48-28-16-34(64-22(2)43(28)66-46(48)45(49)63-4)65-30-18-47(61,31(53)20-51)17-27-36(30)42(59)38-37(40(27)57)39(56)26-6-5-7-29(62-3)35(26)41(38)58/h5-7,22-25,28,30,34,43,45-46,51,57,59,61H,8-20H2,1-4H3/t22-,23?,24?,25?,28-,30-,34-,43+,45+,46+,47-/m0/s1. The molecule has 354 valence electrons. The number of amides is 3. The number of rotatable bonds is 11. The van der Waals surface area contributed by atoms with Gasteiger partial charge in [0.25, 0.3) is 0 Å². The third-order valence-electron chi connectivity index (χ3n) is 15.1. The second-order valence-electron chi connectivity index (χ2n) is 18.8. The fourth-order valence-corrected chi connectivity index (χ4v) is 11.6. The molecule has 0 bridgehead atoms. The monoisotopic (exact) mass is 917 g/mol. The Hall–Kier alpha value is -5.15. The summed E-state index contributed by atoms with van der Waals surface area (Å²) in [7, 11) is 2.77. The van der Waals surface area contributed by atoms with Gasteiger partial charge in [0, 0.05) is 87.5 Å². The van der Waals surface area contributed by atoms with Gasteiger partial charge in [-0.2, -0.15) is 0 Å². The van der Waals surface area contributed by atoms with Gasteiger partial charge in [-0.25, -0.2) is 0 Å². The smallest absolute Gasteiger partial charge is 0.233 e. The van der Waals surface area contributed by atoms with Gasteiger partial charge in [0.05, 0.1) is 41.9 Å². The minimum absolute atomic E-state index is 0.0181. The lowest BCUT2D eigenvalue weighted by atomic mass is 9.72. The number of nitrogens with zero attached hydrogens (tertiary/aromatic N) is 3. The Morgan fingerprint density at radius 1 is 0.939 bits per heavy atom. The highest BCUT2D eigenvalue weighted by Gasteiger charge is 2.57. The van der Waals surface area contributed by atoms with Crippen LogP contribution in [0, 0.1) is 17.8 Å². The van der Waals surface area contributed by atoms with E-state index in [4.69, 9.17) is 23.7 Å². The second-order valence-corrected chi connectivity index (χ2v) is 18.8. The van der Waals surface area contributed by atoms with Gasteiger partial charge in [0.1, 0.15) is 41.3 Å². The fourth-order valence-electron chi connectivity index (χ4n) is 11.6. The molecule has 3 aliphatic carbocycles. The third kappa shape index (κ3) is 7.52. The van der Waals surface area contributed by atoms with Crippen LogP contribution in [0.2, 0.25) is 0 Å². The van der Waals surface area contributed by atoms with Crippen LogP contribution in [-0.2, 0) is 49.3 Å². The molecule has 19 heteroatoms. The second kappa shape index (κ2) is 17.5. The van der Waals surface area contributed by atoms with Gasteiger partial charge >= 0.3 is 0 Å². The molecule has 3 amide bonds. The van der Waals surface area contributed by atoms with Gasteiger partial charge in [-0.05, 0) is 51.5 Å². The quantitative estimate of drug-likeness (QED) is 0.158. The van der Waals surface area contributed by atoms with Crippen molar-refractivity contribution in [3.05, 3.63) is 51.6 Å². The predicted octanol–water partition coefficient (Wildman–Crippen LogP) is 1.68. The van der Waals surface area contributed by atoms with Crippen LogP contribution < -0.4 is 4.74 Å². The van der Waals surface area contributed by atoms with Crippen molar-refractivity contribution < 1.29 is 77.7 Å². The Balaban J connectivity index is 0.918. The summed E-state index contributed by atoms with van der Waals surface area (Å²) < 4.78 is 30.7. The molecule has 19 nitrogen and oxygen atoms in total. The van der Waals surface area contributed by atoms with Gasteiger partial charge < -0.3 is 49.0 Å². The number of aromatic hydroxyl groups is 2. The van der Waals surface area contributed by atoms with Crippen molar-refractivity contribution in [2.45, 2.75) is 120 Å². The number of hydrogen-bond acceptors (Lipinski definition) is 17. The summed E-state index contributed by atoms with van der Waals surface area (Å²) in [5, 5.41) is 45.4. The Bertz CT molecular complexity index is 2400. The molecule has 0 radical (unpaired) electrons. The molecule has 4 heterocycles. The van der Waals surface area contributed by atoms with Crippen molar-refractivity contribution in [1.82, 2.24) is 14.7 Å². The molecule has 2 aromatic carbocycles. The molecule has 0 spiro atoms. The van der Waals surface area contributed by atoms with Gasteiger partial charge in [-0.15, -0.1) is 0 Å². The molecule has 2 aromatic rings. The van der Waals surface area contributed by atoms with Crippen molar-refractivity contribution in [2.24, 2.45) is 17.8 Å². The number of hydrogen-bond donors (Lipinski definition) is 4. The lowest BCUT2D eigenvalue weighted by Gasteiger charge is -2.45. The number of benzene rings is 2. The Kier molecular flexibility index (Phi) is 12.2. The molecule has 0 aromatic heterocycles. The fraction of sp³-hybridized carbons (Fsp3) is 0.596. The molecule has 9 rings (SSSR count). The largest absolute Gasteiger partial charge is 0.507 e. The van der Waals surface area contributed by atoms with Crippen LogP contribution in [0.1, 0.15) is 114 Å². The molecule has 4 N–H and O–H groups in total. The van der Waals surface area contributed by atoms with Gasteiger partial charge in [0.2, 0.25) is 23.5 Å². The summed E-state index contributed by atoms with van der Waals surface area (Å²) in [6.07, 6.45) is -3.66. The average Bonchev–Trinajstić information content (AvgIpc) is 3.80. The first kappa shape index (κ1) is 46.0. The summed E-state index contributed by atoms with van der Waals surface area (Å²) in [4.78, 5) is 98.4. The summed E-state index contributed by atoms with van der Waals surface area (Å²) in [5.41, 5.74) is -3.85. The van der Waals surface area contributed by atoms with Crippen molar-refractivity contribution >= 4 is 40.9 Å². The molecule has 5 fully saturated rings. The van der Waals surface area contributed by atoms with E-state index in [1.54, 1.807) is 13.8 Å². The van der Waals surface area contributed by atoms with E-state index in [0.717, 1.165) is 25.7 Å². The zero-order chi connectivity index (χ0) is 47.1. The van der Waals surface area contributed by atoms with Crippen LogP contribution in [0.4, 0.5) is 0 Å². The van der Waals surface area contributed by atoms with Crippen LogP contribution >= 0.6 is 0 Å². The Morgan fingerprint density at radius 2 is 1.67 bits per heavy atom. The normalized spacial score (nSPS) is 32.9. The predicted molar refractivity (Wildman–Crippen MR) is 225 cm³/mol. The summed E-state index contributed by atoms with van der Waals surface area (Å²) in [6.45, 7) is 3.09. The molecular formula is C47H55N3O16. The van der Waals surface area contributed by atoms with Gasteiger partial charge in [-0.1, -0.05) is 12.1 Å². The minimum atomic E-state index is -2.32. The van der Waals surface area contributed by atoms with Crippen LogP contribution in [0.25, 0.3) is 0 Å². The first-order valence-corrected chi connectivity index (χ1v) is 22.6. The molecule has 66 heavy (non-hydrogen) atoms. The minimum Gasteiger partial charge on any atom is -0.507 e. The van der Waals surface area contributed by atoms with E-state index in [1.807, 2.05) is 4.90 Å². The lowest BCUT2D eigenvalue weighted by molar-refractivity contribution is -0.248. The zero-order valence-corrected chi connectivity index (χ0v) is 37.2. The summed E-state index contributed by atoms with van der Waals surface area (Å²) >= 11 is 0. The number of likely N-dealkylation sites (tertiary alicyclic amines) is 1. The number of imide groups is 1. The number of phenols is 2. The van der Waals surface area contributed by atoms with E-state index in [2.05, 4.69) is 0 Å². The van der Waals surface area contributed by atoms with E-state index >= 15 is 0 Å². The molecule has 7 aliphatic rings. The first-order chi connectivity index (χ1) is 31.5. The number of methoxy groups -OCH3 is 2. The maximum Gasteiger partial charge on any atom is 0.233 e. The number of aliphatic hydroxyl groups excluding tert-OH is 1. The number of Topliss-reactive ketones (excluding diaryl/α,β-unsaturated/α-hetero) is 2. The van der Waals surface area contributed by atoms with E-state index in [9.17, 15) is 54.0 Å². The zero-order valence-electron chi connectivity index (χ0n) is 37.2. The van der Waals surface area contributed by atoms with Crippen molar-refractivity contribution in [1.29, 1.82) is 0 Å². The number of fused-ring (bicyclic) bond motifs is 6. The Labute approximate surface area is 379 Å². The first-order valence-electron chi connectivity index (χ1n) is 22.6. The topological polar surface area (TPSA) is 256 Å². The lowest BCUT2D eigenvalue weighted by Crippen LogP contribution is -2.62. The van der Waals surface area contributed by atoms with Gasteiger partial charge in [0.15, 0.2) is 30.3 Å². The number of ether oxygens (including phenoxy) is 5. The third-order valence-corrected chi connectivity index (χ3v) is 15.1. The molecular weight excluding hydrogens is 863 g/mol. The van der Waals surface area contributed by atoms with E-state index < -0.39 is 108 Å². The van der Waals surface area contributed by atoms with Crippen LogP contribution in [0.3, 0.4) is 0 Å². The SMILES string of the molecule is COc1cccc2c1C(=O)c1c(O)c3c(c(O)c1C2=O)C[C@@](O)(C(=O)CO)C[C@@H]3O[C@H]1C[C@H]2[C@H](O[C@@H]3[C@@H](OC)N(C(=O)CC4CC(=O)N(CC5CCC(C(C)=O)CC5)C4=O)CCN32)[C@H](C)O1. The summed E-state index contributed by atoms with van der Waals surface area (Å²) in [5.74, 6) is -5.49. The number of piperazine rings is 1. The number of carbonyl (C=O) groups excluding carboxylic acids is 7. The van der Waals surface area contributed by atoms with Crippen molar-refractivity contribution in [2.75, 3.05) is 40.5 Å². The van der Waals surface area contributed by atoms with Crippen LogP contribution in [-0.4, -0.2) is 159 Å². The van der Waals surface area contributed by atoms with E-state index in [0.29, 0.717) is 6.54 Å². The van der Waals surface area contributed by atoms with Crippen molar-refractivity contribution in [3.63, 3.8) is 0 Å². The highest BCUT2D eigenvalue weighted by atomic mass is 16.7. The van der Waals surface area contributed by atoms with Crippen molar-refractivity contribution in [3.8, 4) is 17.2 Å². The van der Waals surface area contributed by atoms with E-state index in [1.165, 1.54) is 42.2 Å². The van der Waals surface area contributed by atoms with Gasteiger partial charge in [-0.3, -0.25) is 43.4 Å². The Morgan fingerprint density at radius 3 is 2.35 bits per heavy atom.